The highest BCUT2D eigenvalue weighted by Crippen LogP contribution is 2.40. The Kier molecular flexibility index (Phi) is 8.84. The van der Waals surface area contributed by atoms with Gasteiger partial charge in [0.25, 0.3) is 10.0 Å². The van der Waals surface area contributed by atoms with E-state index in [1.165, 1.54) is 16.9 Å². The Balaban J connectivity index is 0.00000353. The Morgan fingerprint density at radius 1 is 0.833 bits per heavy atom. The third-order valence-electron chi connectivity index (χ3n) is 7.00. The normalized spacial score (nSPS) is 14.8. The van der Waals surface area contributed by atoms with Gasteiger partial charge in [-0.1, -0.05) is 83.4 Å². The van der Waals surface area contributed by atoms with E-state index < -0.39 is 10.0 Å². The van der Waals surface area contributed by atoms with Gasteiger partial charge in [0.1, 0.15) is 0 Å². The molecule has 6 rings (SSSR count). The van der Waals surface area contributed by atoms with Gasteiger partial charge in [0.15, 0.2) is 0 Å². The maximum absolute atomic E-state index is 12.8. The van der Waals surface area contributed by atoms with E-state index in [-0.39, 0.29) is 27.9 Å². The number of hydrazone groups is 1. The Morgan fingerprint density at radius 2 is 1.43 bits per heavy atom. The summed E-state index contributed by atoms with van der Waals surface area (Å²) in [6.07, 6.45) is 0.745. The van der Waals surface area contributed by atoms with E-state index in [0.29, 0.717) is 10.7 Å². The Labute approximate surface area is 265 Å². The van der Waals surface area contributed by atoms with E-state index in [4.69, 9.17) is 21.7 Å². The van der Waals surface area contributed by atoms with Gasteiger partial charge in [-0.05, 0) is 61.4 Å². The molecule has 1 atom stereocenters. The number of rotatable bonds is 7. The Hall–Kier alpha value is -3.50. The lowest BCUT2D eigenvalue weighted by molar-refractivity contribution is 0.601. The second kappa shape index (κ2) is 12.4. The molecule has 4 aromatic carbocycles. The van der Waals surface area contributed by atoms with Crippen molar-refractivity contribution in [2.24, 2.45) is 5.10 Å². The summed E-state index contributed by atoms with van der Waals surface area (Å²) in [6.45, 7) is 4.00. The summed E-state index contributed by atoms with van der Waals surface area (Å²) in [4.78, 5) is 5.16. The van der Waals surface area contributed by atoms with Gasteiger partial charge < -0.3 is 0 Å². The van der Waals surface area contributed by atoms with E-state index >= 15 is 0 Å². The van der Waals surface area contributed by atoms with Gasteiger partial charge in [-0.3, -0.25) is 4.72 Å². The van der Waals surface area contributed by atoms with Crippen LogP contribution in [-0.4, -0.2) is 19.1 Å². The van der Waals surface area contributed by atoms with Crippen LogP contribution in [0.2, 0.25) is 5.02 Å². The van der Waals surface area contributed by atoms with Crippen LogP contribution in [-0.2, 0) is 10.0 Å². The fourth-order valence-corrected chi connectivity index (χ4v) is 6.71. The molecule has 1 N–H and O–H groups in total. The lowest BCUT2D eigenvalue weighted by Crippen LogP contribution is -2.18. The number of halogens is 2. The molecule has 0 bridgehead atoms. The third-order valence-corrected chi connectivity index (χ3v) is 9.48. The molecule has 10 heteroatoms. The zero-order valence-corrected chi connectivity index (χ0v) is 27.0. The standard InChI is InChI=1S/C32H27ClN4O2S2.BrH/c1-21-3-7-23(8-4-21)29-19-31(25-9-13-26(33)14-10-25)37(35-29)32-34-30(20-40-32)24-11-15-27(16-12-24)36-41(38,39)28-17-5-22(2)6-18-28;/h3-18,20,31,36H,19H2,1-2H3;1H. The van der Waals surface area contributed by atoms with E-state index in [1.807, 2.05) is 53.7 Å². The molecular weight excluding hydrogens is 652 g/mol. The van der Waals surface area contributed by atoms with Crippen LogP contribution in [0.5, 0.6) is 0 Å². The summed E-state index contributed by atoms with van der Waals surface area (Å²) in [5.41, 5.74) is 7.59. The summed E-state index contributed by atoms with van der Waals surface area (Å²) in [5, 5.41) is 10.5. The largest absolute Gasteiger partial charge is 0.280 e. The van der Waals surface area contributed by atoms with E-state index in [0.717, 1.165) is 45.2 Å². The van der Waals surface area contributed by atoms with Crippen LogP contribution in [0.3, 0.4) is 0 Å². The van der Waals surface area contributed by atoms with Gasteiger partial charge in [0.05, 0.1) is 22.3 Å². The van der Waals surface area contributed by atoms with Crippen molar-refractivity contribution in [1.29, 1.82) is 0 Å². The molecule has 1 aliphatic rings. The first-order chi connectivity index (χ1) is 19.7. The third kappa shape index (κ3) is 6.44. The van der Waals surface area contributed by atoms with E-state index in [2.05, 4.69) is 35.9 Å². The minimum atomic E-state index is -3.67. The number of aryl methyl sites for hydroxylation is 2. The maximum atomic E-state index is 12.8. The molecule has 42 heavy (non-hydrogen) atoms. The minimum Gasteiger partial charge on any atom is -0.280 e. The number of thiazole rings is 1. The molecule has 5 aromatic rings. The molecule has 0 fully saturated rings. The summed E-state index contributed by atoms with van der Waals surface area (Å²) >= 11 is 7.70. The van der Waals surface area contributed by atoms with Gasteiger partial charge in [-0.15, -0.1) is 28.3 Å². The summed E-state index contributed by atoms with van der Waals surface area (Å²) in [7, 11) is -3.67. The molecule has 6 nitrogen and oxygen atoms in total. The van der Waals surface area contributed by atoms with E-state index in [9.17, 15) is 8.42 Å². The van der Waals surface area contributed by atoms with Crippen LogP contribution in [0, 0.1) is 13.8 Å². The van der Waals surface area contributed by atoms with Gasteiger partial charge >= 0.3 is 0 Å². The number of anilines is 2. The highest BCUT2D eigenvalue weighted by molar-refractivity contribution is 8.93. The molecular formula is C32H28BrClN4O2S2. The molecule has 0 saturated carbocycles. The Bertz CT molecular complexity index is 1820. The van der Waals surface area contributed by atoms with Gasteiger partial charge in [0.2, 0.25) is 5.13 Å². The molecule has 2 heterocycles. The minimum absolute atomic E-state index is 0. The number of nitrogens with zero attached hydrogens (tertiary/aromatic N) is 3. The second-order valence-electron chi connectivity index (χ2n) is 10.0. The second-order valence-corrected chi connectivity index (χ2v) is 13.0. The number of hydrogen-bond acceptors (Lipinski definition) is 6. The summed E-state index contributed by atoms with van der Waals surface area (Å²) < 4.78 is 28.2. The fraction of sp³-hybridized carbons (Fsp3) is 0.125. The van der Waals surface area contributed by atoms with Crippen molar-refractivity contribution in [3.8, 4) is 11.3 Å². The van der Waals surface area contributed by atoms with Crippen LogP contribution in [0.4, 0.5) is 10.8 Å². The van der Waals surface area contributed by atoms with Crippen molar-refractivity contribution in [2.45, 2.75) is 31.2 Å². The smallest absolute Gasteiger partial charge is 0.261 e. The molecule has 1 unspecified atom stereocenters. The van der Waals surface area contributed by atoms with Crippen LogP contribution >= 0.6 is 39.9 Å². The molecule has 0 aliphatic carbocycles. The van der Waals surface area contributed by atoms with Crippen LogP contribution in [0.1, 0.15) is 34.7 Å². The number of hydrogen-bond donors (Lipinski definition) is 1. The molecule has 0 amide bonds. The first-order valence-electron chi connectivity index (χ1n) is 13.1. The number of benzene rings is 4. The van der Waals surface area contributed by atoms with Crippen LogP contribution in [0.25, 0.3) is 11.3 Å². The first-order valence-corrected chi connectivity index (χ1v) is 15.8. The molecule has 1 aliphatic heterocycles. The topological polar surface area (TPSA) is 74.7 Å². The predicted octanol–water partition coefficient (Wildman–Crippen LogP) is 8.81. The predicted molar refractivity (Wildman–Crippen MR) is 179 cm³/mol. The van der Waals surface area contributed by atoms with Crippen molar-refractivity contribution in [3.63, 3.8) is 0 Å². The van der Waals surface area contributed by atoms with Crippen molar-refractivity contribution < 1.29 is 8.42 Å². The molecule has 1 aromatic heterocycles. The average molecular weight is 680 g/mol. The zero-order chi connectivity index (χ0) is 28.6. The number of aromatic nitrogens is 1. The van der Waals surface area contributed by atoms with Crippen molar-refractivity contribution >= 4 is 66.5 Å². The van der Waals surface area contributed by atoms with E-state index in [1.54, 1.807) is 36.4 Å². The van der Waals surface area contributed by atoms with Gasteiger partial charge in [-0.2, -0.15) is 5.10 Å². The SMILES string of the molecule is Br.Cc1ccc(C2=NN(c3nc(-c4ccc(NS(=O)(=O)c5ccc(C)cc5)cc4)cs3)C(c3ccc(Cl)cc3)C2)cc1. The molecule has 0 spiro atoms. The van der Waals surface area contributed by atoms with Crippen molar-refractivity contribution in [1.82, 2.24) is 4.98 Å². The highest BCUT2D eigenvalue weighted by Gasteiger charge is 2.31. The average Bonchev–Trinajstić information content (AvgIpc) is 3.63. The maximum Gasteiger partial charge on any atom is 0.261 e. The molecule has 214 valence electrons. The van der Waals surface area contributed by atoms with Gasteiger partial charge in [-0.25, -0.2) is 18.4 Å². The quantitative estimate of drug-likeness (QED) is 0.187. The zero-order valence-electron chi connectivity index (χ0n) is 22.9. The summed E-state index contributed by atoms with van der Waals surface area (Å²) in [5.74, 6) is 0. The highest BCUT2D eigenvalue weighted by atomic mass is 79.9. The number of sulfonamides is 1. The van der Waals surface area contributed by atoms with Crippen molar-refractivity contribution in [2.75, 3.05) is 9.73 Å². The van der Waals surface area contributed by atoms with Gasteiger partial charge in [0, 0.05) is 28.1 Å². The Morgan fingerprint density at radius 3 is 2.07 bits per heavy atom. The number of nitrogens with one attached hydrogen (secondary N) is 1. The summed E-state index contributed by atoms with van der Waals surface area (Å²) in [6, 6.07) is 30.3. The molecule has 0 saturated heterocycles. The first kappa shape index (κ1) is 30.0. The van der Waals surface area contributed by atoms with Crippen molar-refractivity contribution in [3.05, 3.63) is 130 Å². The van der Waals surface area contributed by atoms with Crippen LogP contribution < -0.4 is 9.73 Å². The fourth-order valence-electron chi connectivity index (χ4n) is 4.69. The lowest BCUT2D eigenvalue weighted by Gasteiger charge is -2.21. The lowest BCUT2D eigenvalue weighted by atomic mass is 9.98. The monoisotopic (exact) mass is 678 g/mol. The molecule has 0 radical (unpaired) electrons. The van der Waals surface area contributed by atoms with Crippen LogP contribution in [0.15, 0.2) is 112 Å².